The van der Waals surface area contributed by atoms with Gasteiger partial charge in [0.1, 0.15) is 5.82 Å². The minimum absolute atomic E-state index is 0.156. The molecule has 1 N–H and O–H groups in total. The predicted octanol–water partition coefficient (Wildman–Crippen LogP) is 4.70. The molecule has 27 heavy (non-hydrogen) atoms. The molecule has 0 aromatic heterocycles. The zero-order valence-corrected chi connectivity index (χ0v) is 14.6. The highest BCUT2D eigenvalue weighted by molar-refractivity contribution is 5.92. The Balaban J connectivity index is 1.52. The van der Waals surface area contributed by atoms with Crippen molar-refractivity contribution < 1.29 is 22.4 Å². The molecule has 2 aromatic carbocycles. The summed E-state index contributed by atoms with van der Waals surface area (Å²) in [7, 11) is 0. The molecular weight excluding hydrogens is 360 g/mol. The lowest BCUT2D eigenvalue weighted by Crippen LogP contribution is -2.37. The highest BCUT2D eigenvalue weighted by Gasteiger charge is 2.31. The summed E-state index contributed by atoms with van der Waals surface area (Å²) >= 11 is 0. The predicted molar refractivity (Wildman–Crippen MR) is 94.5 cm³/mol. The van der Waals surface area contributed by atoms with Crippen LogP contribution in [0.4, 0.5) is 23.2 Å². The van der Waals surface area contributed by atoms with Crippen molar-refractivity contribution in [2.75, 3.05) is 18.4 Å². The molecule has 3 rings (SSSR count). The number of alkyl halides is 3. The Kier molecular flexibility index (Phi) is 5.79. The normalized spacial score (nSPS) is 16.3. The number of piperidine rings is 1. The molecule has 2 aromatic rings. The van der Waals surface area contributed by atoms with Crippen molar-refractivity contribution in [2.24, 2.45) is 5.92 Å². The largest absolute Gasteiger partial charge is 0.416 e. The van der Waals surface area contributed by atoms with Crippen LogP contribution in [0.25, 0.3) is 0 Å². The zero-order valence-electron chi connectivity index (χ0n) is 14.6. The molecule has 1 saturated heterocycles. The fourth-order valence-corrected chi connectivity index (χ4v) is 3.22. The smallest absolute Gasteiger partial charge is 0.326 e. The molecule has 0 aliphatic carbocycles. The van der Waals surface area contributed by atoms with Crippen molar-refractivity contribution in [3.05, 3.63) is 65.5 Å². The van der Waals surface area contributed by atoms with Crippen molar-refractivity contribution in [1.29, 1.82) is 0 Å². The molecular formula is C20H20F4N2O. The van der Waals surface area contributed by atoms with Crippen LogP contribution < -0.4 is 5.32 Å². The summed E-state index contributed by atoms with van der Waals surface area (Å²) in [6.45, 7) is 2.10. The van der Waals surface area contributed by atoms with E-state index in [0.717, 1.165) is 17.7 Å². The Hall–Kier alpha value is -2.41. The van der Waals surface area contributed by atoms with Crippen LogP contribution >= 0.6 is 0 Å². The minimum Gasteiger partial charge on any atom is -0.326 e. The number of amides is 1. The monoisotopic (exact) mass is 380 g/mol. The molecule has 0 atom stereocenters. The topological polar surface area (TPSA) is 32.3 Å². The van der Waals surface area contributed by atoms with Crippen LogP contribution in [-0.4, -0.2) is 23.9 Å². The first-order chi connectivity index (χ1) is 12.8. The Morgan fingerprint density at radius 3 is 2.37 bits per heavy atom. The van der Waals surface area contributed by atoms with Crippen molar-refractivity contribution in [1.82, 2.24) is 4.90 Å². The maximum absolute atomic E-state index is 13.0. The van der Waals surface area contributed by atoms with Crippen LogP contribution in [0.3, 0.4) is 0 Å². The minimum atomic E-state index is -4.44. The van der Waals surface area contributed by atoms with Gasteiger partial charge in [-0.25, -0.2) is 4.39 Å². The molecule has 0 spiro atoms. The van der Waals surface area contributed by atoms with E-state index < -0.39 is 11.7 Å². The lowest BCUT2D eigenvalue weighted by Gasteiger charge is -2.31. The molecule has 1 aliphatic rings. The zero-order chi connectivity index (χ0) is 19.4. The first-order valence-corrected chi connectivity index (χ1v) is 8.76. The van der Waals surface area contributed by atoms with E-state index in [2.05, 4.69) is 10.2 Å². The lowest BCUT2D eigenvalue weighted by molar-refractivity contribution is -0.137. The van der Waals surface area contributed by atoms with Crippen molar-refractivity contribution in [3.8, 4) is 0 Å². The van der Waals surface area contributed by atoms with Crippen molar-refractivity contribution >= 4 is 11.6 Å². The number of carbonyl (C=O) groups excluding carboxylic acids is 1. The molecule has 0 bridgehead atoms. The molecule has 0 radical (unpaired) electrons. The van der Waals surface area contributed by atoms with Gasteiger partial charge in [-0.1, -0.05) is 18.2 Å². The van der Waals surface area contributed by atoms with E-state index in [1.54, 1.807) is 12.1 Å². The summed E-state index contributed by atoms with van der Waals surface area (Å²) in [5.41, 5.74) is 0.376. The van der Waals surface area contributed by atoms with E-state index in [1.165, 1.54) is 24.3 Å². The fourth-order valence-electron chi connectivity index (χ4n) is 3.22. The van der Waals surface area contributed by atoms with Gasteiger partial charge in [0, 0.05) is 18.2 Å². The van der Waals surface area contributed by atoms with Crippen molar-refractivity contribution in [2.45, 2.75) is 25.6 Å². The number of nitrogens with zero attached hydrogens (tertiary/aromatic N) is 1. The van der Waals surface area contributed by atoms with E-state index in [0.29, 0.717) is 32.5 Å². The quantitative estimate of drug-likeness (QED) is 0.780. The van der Waals surface area contributed by atoms with Gasteiger partial charge in [-0.3, -0.25) is 9.69 Å². The summed E-state index contributed by atoms with van der Waals surface area (Å²) in [4.78, 5) is 14.6. The summed E-state index contributed by atoms with van der Waals surface area (Å²) in [6, 6.07) is 11.0. The van der Waals surface area contributed by atoms with Crippen LogP contribution in [0, 0.1) is 11.7 Å². The van der Waals surface area contributed by atoms with Gasteiger partial charge < -0.3 is 5.32 Å². The SMILES string of the molecule is O=C(Nc1cccc(C(F)(F)F)c1)C1CCN(Cc2ccc(F)cc2)CC1. The number of hydrogen-bond donors (Lipinski definition) is 1. The molecule has 0 saturated carbocycles. The van der Waals surface area contributed by atoms with Crippen LogP contribution in [0.5, 0.6) is 0 Å². The molecule has 1 fully saturated rings. The second-order valence-electron chi connectivity index (χ2n) is 6.74. The number of likely N-dealkylation sites (tertiary alicyclic amines) is 1. The maximum Gasteiger partial charge on any atom is 0.416 e. The van der Waals surface area contributed by atoms with Gasteiger partial charge in [-0.2, -0.15) is 13.2 Å². The Morgan fingerprint density at radius 2 is 1.74 bits per heavy atom. The summed E-state index contributed by atoms with van der Waals surface area (Å²) in [5, 5.41) is 2.60. The molecule has 3 nitrogen and oxygen atoms in total. The van der Waals surface area contributed by atoms with E-state index in [-0.39, 0.29) is 23.3 Å². The summed E-state index contributed by atoms with van der Waals surface area (Å²) in [5.74, 6) is -0.761. The lowest BCUT2D eigenvalue weighted by atomic mass is 9.95. The van der Waals surface area contributed by atoms with Gasteiger partial charge in [-0.05, 0) is 61.8 Å². The van der Waals surface area contributed by atoms with Gasteiger partial charge in [0.05, 0.1) is 5.56 Å². The van der Waals surface area contributed by atoms with E-state index in [4.69, 9.17) is 0 Å². The van der Waals surface area contributed by atoms with Crippen molar-refractivity contribution in [3.63, 3.8) is 0 Å². The molecule has 7 heteroatoms. The van der Waals surface area contributed by atoms with Crippen LogP contribution in [0.15, 0.2) is 48.5 Å². The fraction of sp³-hybridized carbons (Fsp3) is 0.350. The van der Waals surface area contributed by atoms with Gasteiger partial charge >= 0.3 is 6.18 Å². The molecule has 1 aliphatic heterocycles. The summed E-state index contributed by atoms with van der Waals surface area (Å²) in [6.07, 6.45) is -3.18. The number of benzene rings is 2. The van der Waals surface area contributed by atoms with Crippen LogP contribution in [0.2, 0.25) is 0 Å². The number of carbonyl (C=O) groups is 1. The Labute approximate surface area is 155 Å². The van der Waals surface area contributed by atoms with Gasteiger partial charge in [0.25, 0.3) is 0 Å². The average Bonchev–Trinajstić information content (AvgIpc) is 2.64. The number of halogens is 4. The van der Waals surface area contributed by atoms with E-state index in [1.807, 2.05) is 0 Å². The number of anilines is 1. The first kappa shape index (κ1) is 19.4. The van der Waals surface area contributed by atoms with Gasteiger partial charge in [0.2, 0.25) is 5.91 Å². The summed E-state index contributed by atoms with van der Waals surface area (Å²) < 4.78 is 51.2. The first-order valence-electron chi connectivity index (χ1n) is 8.76. The molecule has 0 unspecified atom stereocenters. The Bertz CT molecular complexity index is 781. The van der Waals surface area contributed by atoms with E-state index >= 15 is 0 Å². The average molecular weight is 380 g/mol. The third-order valence-corrected chi connectivity index (χ3v) is 4.74. The van der Waals surface area contributed by atoms with Gasteiger partial charge in [0.15, 0.2) is 0 Å². The molecule has 144 valence electrons. The second kappa shape index (κ2) is 8.08. The molecule has 1 amide bonds. The Morgan fingerprint density at radius 1 is 1.07 bits per heavy atom. The highest BCUT2D eigenvalue weighted by Crippen LogP contribution is 2.31. The number of rotatable bonds is 4. The standard InChI is InChI=1S/C20H20F4N2O/c21-17-6-4-14(5-7-17)13-26-10-8-15(9-11-26)19(27)25-18-3-1-2-16(12-18)20(22,23)24/h1-7,12,15H,8-11,13H2,(H,25,27). The van der Waals surface area contributed by atoms with Gasteiger partial charge in [-0.15, -0.1) is 0 Å². The number of hydrogen-bond acceptors (Lipinski definition) is 2. The van der Waals surface area contributed by atoms with E-state index in [9.17, 15) is 22.4 Å². The maximum atomic E-state index is 13.0. The second-order valence-corrected chi connectivity index (χ2v) is 6.74. The van der Waals surface area contributed by atoms with Crippen LogP contribution in [0.1, 0.15) is 24.0 Å². The third-order valence-electron chi connectivity index (χ3n) is 4.74. The highest BCUT2D eigenvalue weighted by atomic mass is 19.4. The number of nitrogens with one attached hydrogen (secondary N) is 1. The molecule has 1 heterocycles. The van der Waals surface area contributed by atoms with Crippen LogP contribution in [-0.2, 0) is 17.5 Å². The third kappa shape index (κ3) is 5.29.